The topological polar surface area (TPSA) is 58.7 Å². The van der Waals surface area contributed by atoms with Crippen molar-refractivity contribution in [1.29, 1.82) is 0 Å². The van der Waals surface area contributed by atoms with E-state index in [0.717, 1.165) is 0 Å². The fourth-order valence-electron chi connectivity index (χ4n) is 0.850. The van der Waals surface area contributed by atoms with Crippen LogP contribution in [-0.2, 0) is 4.79 Å². The second kappa shape index (κ2) is 2.19. The molecule has 1 amide bonds. The third-order valence-electron chi connectivity index (χ3n) is 1.33. The number of hydrogen-bond acceptors (Lipinski definition) is 4. The number of hydrogen-bond donors (Lipinski definition) is 0. The Kier molecular flexibility index (Phi) is 1.21. The van der Waals surface area contributed by atoms with Crippen LogP contribution in [0, 0.1) is 0 Å². The summed E-state index contributed by atoms with van der Waals surface area (Å²) in [4.78, 5) is 11.0. The second-order valence-corrected chi connectivity index (χ2v) is 2.06. The normalized spacial score (nSPS) is 16.4. The molecule has 2 rings (SSSR count). The van der Waals surface area contributed by atoms with E-state index in [4.69, 9.17) is 4.52 Å². The van der Waals surface area contributed by atoms with Crippen LogP contribution in [0.3, 0.4) is 0 Å². The molecule has 11 heavy (non-hydrogen) atoms. The lowest BCUT2D eigenvalue weighted by Crippen LogP contribution is -2.18. The van der Waals surface area contributed by atoms with Gasteiger partial charge in [0.05, 0.1) is 12.6 Å². The Morgan fingerprint density at radius 3 is 3.09 bits per heavy atom. The summed E-state index contributed by atoms with van der Waals surface area (Å²) in [7, 11) is 0. The van der Waals surface area contributed by atoms with E-state index in [1.807, 2.05) is 0 Å². The Hall–Kier alpha value is -1.65. The van der Waals surface area contributed by atoms with E-state index in [1.165, 1.54) is 17.4 Å². The molecule has 0 N–H and O–H groups in total. The Labute approximate surface area is 62.3 Å². The highest BCUT2D eigenvalue weighted by molar-refractivity contribution is 6.04. The first kappa shape index (κ1) is 6.09. The molecule has 0 fully saturated rings. The average Bonchev–Trinajstić information content (AvgIpc) is 2.55. The monoisotopic (exact) mass is 151 g/mol. The quantitative estimate of drug-likeness (QED) is 0.583. The van der Waals surface area contributed by atoms with Gasteiger partial charge in [-0.1, -0.05) is 5.16 Å². The van der Waals surface area contributed by atoms with Gasteiger partial charge in [0.1, 0.15) is 0 Å². The highest BCUT2D eigenvalue weighted by Crippen LogP contribution is 2.16. The molecular weight excluding hydrogens is 146 g/mol. The molecule has 1 aromatic rings. The molecule has 5 heteroatoms. The van der Waals surface area contributed by atoms with Gasteiger partial charge in [0.25, 0.3) is 11.8 Å². The molecule has 1 aliphatic heterocycles. The van der Waals surface area contributed by atoms with Crippen molar-refractivity contribution in [1.82, 2.24) is 5.16 Å². The lowest BCUT2D eigenvalue weighted by Gasteiger charge is -2.04. The van der Waals surface area contributed by atoms with Crippen molar-refractivity contribution in [2.75, 3.05) is 5.01 Å². The van der Waals surface area contributed by atoms with Gasteiger partial charge in [-0.15, -0.1) is 0 Å². The first-order valence-corrected chi connectivity index (χ1v) is 3.14. The van der Waals surface area contributed by atoms with Gasteiger partial charge in [-0.05, 0) is 0 Å². The van der Waals surface area contributed by atoms with E-state index in [0.29, 0.717) is 12.3 Å². The molecule has 0 spiro atoms. The average molecular weight is 151 g/mol. The summed E-state index contributed by atoms with van der Waals surface area (Å²) in [5.74, 6) is 0.269. The number of carbonyl (C=O) groups is 1. The van der Waals surface area contributed by atoms with E-state index in [2.05, 4.69) is 10.3 Å². The van der Waals surface area contributed by atoms with Gasteiger partial charge in [-0.25, -0.2) is 0 Å². The molecular formula is C6H5N3O2. The van der Waals surface area contributed by atoms with Crippen molar-refractivity contribution in [3.8, 4) is 0 Å². The zero-order chi connectivity index (χ0) is 7.68. The molecule has 1 aliphatic rings. The minimum Gasteiger partial charge on any atom is -0.336 e. The maximum absolute atomic E-state index is 11.0. The van der Waals surface area contributed by atoms with Gasteiger partial charge >= 0.3 is 0 Å². The Morgan fingerprint density at radius 1 is 1.64 bits per heavy atom. The minimum atomic E-state index is -0.0956. The smallest absolute Gasteiger partial charge is 0.255 e. The number of anilines is 1. The second-order valence-electron chi connectivity index (χ2n) is 2.06. The van der Waals surface area contributed by atoms with Crippen LogP contribution < -0.4 is 5.01 Å². The van der Waals surface area contributed by atoms with Gasteiger partial charge in [0, 0.05) is 12.3 Å². The largest absolute Gasteiger partial charge is 0.336 e. The summed E-state index contributed by atoms with van der Waals surface area (Å²) < 4.78 is 4.73. The van der Waals surface area contributed by atoms with Crippen molar-refractivity contribution in [3.63, 3.8) is 0 Å². The van der Waals surface area contributed by atoms with Crippen LogP contribution in [0.2, 0.25) is 0 Å². The molecule has 0 aliphatic carbocycles. The van der Waals surface area contributed by atoms with Crippen molar-refractivity contribution >= 4 is 18.0 Å². The molecule has 0 unspecified atom stereocenters. The molecule has 0 bridgehead atoms. The Bertz CT molecular complexity index is 291. The highest BCUT2D eigenvalue weighted by Gasteiger charge is 2.20. The third kappa shape index (κ3) is 0.899. The summed E-state index contributed by atoms with van der Waals surface area (Å²) in [5, 5.41) is 8.43. The van der Waals surface area contributed by atoms with Crippen LogP contribution >= 0.6 is 0 Å². The number of nitrogens with zero attached hydrogens (tertiary/aromatic N) is 3. The number of hydrazone groups is 1. The van der Waals surface area contributed by atoms with Crippen molar-refractivity contribution < 1.29 is 9.32 Å². The summed E-state index contributed by atoms with van der Waals surface area (Å²) in [6.07, 6.45) is 3.34. The lowest BCUT2D eigenvalue weighted by molar-refractivity contribution is -0.117. The predicted molar refractivity (Wildman–Crippen MR) is 37.1 cm³/mol. The fraction of sp³-hybridized carbons (Fsp3) is 0.167. The van der Waals surface area contributed by atoms with Gasteiger partial charge in [0.2, 0.25) is 0 Å². The van der Waals surface area contributed by atoms with Gasteiger partial charge in [-0.3, -0.25) is 4.79 Å². The fourth-order valence-corrected chi connectivity index (χ4v) is 0.850. The third-order valence-corrected chi connectivity index (χ3v) is 1.33. The lowest BCUT2D eigenvalue weighted by atomic mass is 10.4. The number of rotatable bonds is 1. The number of amides is 1. The van der Waals surface area contributed by atoms with Crippen LogP contribution in [0.15, 0.2) is 21.9 Å². The van der Waals surface area contributed by atoms with Gasteiger partial charge in [-0.2, -0.15) is 10.1 Å². The number of carbonyl (C=O) groups excluding carboxylic acids is 1. The van der Waals surface area contributed by atoms with Crippen LogP contribution in [0.25, 0.3) is 0 Å². The Morgan fingerprint density at radius 2 is 2.55 bits per heavy atom. The first-order chi connectivity index (χ1) is 5.38. The zero-order valence-electron chi connectivity index (χ0n) is 5.60. The van der Waals surface area contributed by atoms with E-state index in [9.17, 15) is 4.79 Å². The van der Waals surface area contributed by atoms with E-state index < -0.39 is 0 Å². The van der Waals surface area contributed by atoms with E-state index >= 15 is 0 Å². The Balaban J connectivity index is 2.30. The van der Waals surface area contributed by atoms with Crippen LogP contribution in [-0.4, -0.2) is 17.3 Å². The molecule has 2 heterocycles. The molecule has 56 valence electrons. The first-order valence-electron chi connectivity index (χ1n) is 3.14. The van der Waals surface area contributed by atoms with Crippen molar-refractivity contribution in [2.45, 2.75) is 6.42 Å². The van der Waals surface area contributed by atoms with Crippen LogP contribution in [0.4, 0.5) is 5.88 Å². The molecule has 0 radical (unpaired) electrons. The van der Waals surface area contributed by atoms with Crippen molar-refractivity contribution in [2.24, 2.45) is 5.10 Å². The van der Waals surface area contributed by atoms with Gasteiger partial charge < -0.3 is 4.52 Å². The summed E-state index contributed by atoms with van der Waals surface area (Å²) in [6.45, 7) is 0. The maximum Gasteiger partial charge on any atom is 0.255 e. The SMILES string of the molecule is O=C1CC=NN1c1ccno1. The summed E-state index contributed by atoms with van der Waals surface area (Å²) >= 11 is 0. The van der Waals surface area contributed by atoms with E-state index in [-0.39, 0.29) is 5.91 Å². The zero-order valence-corrected chi connectivity index (χ0v) is 5.60. The molecule has 0 saturated carbocycles. The molecule has 0 saturated heterocycles. The van der Waals surface area contributed by atoms with Crippen LogP contribution in [0.5, 0.6) is 0 Å². The highest BCUT2D eigenvalue weighted by atomic mass is 16.5. The standard InChI is InChI=1S/C6H5N3O2/c10-5-1-3-7-9(5)6-2-4-8-11-6/h2-4H,1H2. The predicted octanol–water partition coefficient (Wildman–Crippen LogP) is 0.397. The molecule has 5 nitrogen and oxygen atoms in total. The minimum absolute atomic E-state index is 0.0956. The number of aromatic nitrogens is 1. The summed E-state index contributed by atoms with van der Waals surface area (Å²) in [5.41, 5.74) is 0. The maximum atomic E-state index is 11.0. The summed E-state index contributed by atoms with van der Waals surface area (Å²) in [6, 6.07) is 1.58. The van der Waals surface area contributed by atoms with Gasteiger partial charge in [0.15, 0.2) is 0 Å². The molecule has 1 aromatic heterocycles. The van der Waals surface area contributed by atoms with E-state index in [1.54, 1.807) is 6.07 Å². The van der Waals surface area contributed by atoms with Crippen LogP contribution in [0.1, 0.15) is 6.42 Å². The van der Waals surface area contributed by atoms with Crippen molar-refractivity contribution in [3.05, 3.63) is 12.3 Å². The molecule has 0 aromatic carbocycles. The molecule has 0 atom stereocenters.